The molecule has 5 heteroatoms. The third-order valence-corrected chi connectivity index (χ3v) is 4.35. The number of halogens is 1. The van der Waals surface area contributed by atoms with Crippen LogP contribution in [0.1, 0.15) is 48.3 Å². The highest BCUT2D eigenvalue weighted by Gasteiger charge is 2.16. The molecule has 0 unspecified atom stereocenters. The van der Waals surface area contributed by atoms with Crippen molar-refractivity contribution in [2.75, 3.05) is 0 Å². The molecule has 0 spiro atoms. The maximum atomic E-state index is 13.6. The van der Waals surface area contributed by atoms with E-state index in [1.54, 1.807) is 30.3 Å². The Balaban J connectivity index is 1.82. The van der Waals surface area contributed by atoms with Gasteiger partial charge in [-0.2, -0.15) is 5.10 Å². The van der Waals surface area contributed by atoms with Crippen LogP contribution in [0.5, 0.6) is 5.88 Å². The molecule has 3 aromatic rings. The maximum Gasteiger partial charge on any atom is 0.344 e. The van der Waals surface area contributed by atoms with E-state index in [-0.39, 0.29) is 11.7 Å². The summed E-state index contributed by atoms with van der Waals surface area (Å²) < 4.78 is 20.6. The fraction of sp³-hybridized carbons (Fsp3) is 0.273. The van der Waals surface area contributed by atoms with Crippen LogP contribution >= 0.6 is 0 Å². The smallest absolute Gasteiger partial charge is 0.344 e. The normalized spacial score (nSPS) is 10.8. The Bertz CT molecular complexity index is 916. The second kappa shape index (κ2) is 8.62. The van der Waals surface area contributed by atoms with Gasteiger partial charge in [-0.1, -0.05) is 38.5 Å². The molecule has 0 fully saturated rings. The first-order valence-corrected chi connectivity index (χ1v) is 9.26. The van der Waals surface area contributed by atoms with E-state index in [4.69, 9.17) is 4.74 Å². The molecule has 27 heavy (non-hydrogen) atoms. The van der Waals surface area contributed by atoms with E-state index >= 15 is 0 Å². The van der Waals surface area contributed by atoms with Crippen LogP contribution in [0.2, 0.25) is 0 Å². The van der Waals surface area contributed by atoms with Gasteiger partial charge in [-0.15, -0.1) is 0 Å². The van der Waals surface area contributed by atoms with Gasteiger partial charge in [0.2, 0.25) is 5.88 Å². The summed E-state index contributed by atoms with van der Waals surface area (Å²) in [6, 6.07) is 15.2. The molecule has 1 aromatic heterocycles. The summed E-state index contributed by atoms with van der Waals surface area (Å²) in [5.74, 6) is -0.559. The fourth-order valence-electron chi connectivity index (χ4n) is 2.79. The Labute approximate surface area is 158 Å². The molecule has 0 bridgehead atoms. The van der Waals surface area contributed by atoms with Crippen molar-refractivity contribution < 1.29 is 13.9 Å². The lowest BCUT2D eigenvalue weighted by Crippen LogP contribution is -2.12. The van der Waals surface area contributed by atoms with Crippen LogP contribution in [0.15, 0.2) is 54.6 Å². The van der Waals surface area contributed by atoms with Gasteiger partial charge in [-0.25, -0.2) is 13.9 Å². The molecule has 0 saturated carbocycles. The minimum absolute atomic E-state index is 0.275. The number of esters is 1. The summed E-state index contributed by atoms with van der Waals surface area (Å²) in [7, 11) is 0. The van der Waals surface area contributed by atoms with Gasteiger partial charge in [0.15, 0.2) is 0 Å². The van der Waals surface area contributed by atoms with Crippen LogP contribution in [0.25, 0.3) is 5.69 Å². The van der Waals surface area contributed by atoms with Crippen LogP contribution in [0, 0.1) is 5.82 Å². The van der Waals surface area contributed by atoms with Gasteiger partial charge < -0.3 is 4.74 Å². The average molecular weight is 366 g/mol. The van der Waals surface area contributed by atoms with Crippen molar-refractivity contribution in [3.63, 3.8) is 0 Å². The predicted octanol–water partition coefficient (Wildman–Crippen LogP) is 5.14. The standard InChI is InChI=1S/C22H23FN2O2/c1-3-5-7-16-10-12-17(13-11-16)22(26)27-21-15-19(4-2)24-25(21)20-9-6-8-18(23)14-20/h6,8-15H,3-5,7H2,1-2H3. The fourth-order valence-corrected chi connectivity index (χ4v) is 2.79. The second-order valence-electron chi connectivity index (χ2n) is 6.41. The van der Waals surface area contributed by atoms with Gasteiger partial charge in [0.1, 0.15) is 5.82 Å². The Morgan fingerprint density at radius 1 is 1.11 bits per heavy atom. The minimum Gasteiger partial charge on any atom is -0.404 e. The van der Waals surface area contributed by atoms with E-state index < -0.39 is 5.97 Å². The first-order chi connectivity index (χ1) is 13.1. The van der Waals surface area contributed by atoms with Crippen molar-refractivity contribution in [1.82, 2.24) is 9.78 Å². The first-order valence-electron chi connectivity index (χ1n) is 9.26. The highest BCUT2D eigenvalue weighted by molar-refractivity contribution is 5.91. The van der Waals surface area contributed by atoms with Crippen LogP contribution in [-0.4, -0.2) is 15.7 Å². The lowest BCUT2D eigenvalue weighted by Gasteiger charge is -2.08. The minimum atomic E-state index is -0.461. The largest absolute Gasteiger partial charge is 0.404 e. The molecule has 3 rings (SSSR count). The number of carbonyl (C=O) groups excluding carboxylic acids is 1. The van der Waals surface area contributed by atoms with Crippen molar-refractivity contribution in [2.45, 2.75) is 39.5 Å². The summed E-state index contributed by atoms with van der Waals surface area (Å²) in [4.78, 5) is 12.6. The lowest BCUT2D eigenvalue weighted by molar-refractivity contribution is 0.0723. The Kier molecular flexibility index (Phi) is 6.01. The highest BCUT2D eigenvalue weighted by atomic mass is 19.1. The van der Waals surface area contributed by atoms with Crippen molar-refractivity contribution in [3.8, 4) is 11.6 Å². The molecular formula is C22H23FN2O2. The van der Waals surface area contributed by atoms with Gasteiger partial charge in [0.25, 0.3) is 0 Å². The molecule has 0 aliphatic carbocycles. The monoisotopic (exact) mass is 366 g/mol. The van der Waals surface area contributed by atoms with E-state index in [0.29, 0.717) is 17.7 Å². The summed E-state index contributed by atoms with van der Waals surface area (Å²) in [6.45, 7) is 4.11. The van der Waals surface area contributed by atoms with Gasteiger partial charge in [0.05, 0.1) is 16.9 Å². The number of aromatic nitrogens is 2. The number of aryl methyl sites for hydroxylation is 2. The average Bonchev–Trinajstić information content (AvgIpc) is 3.09. The Hall–Kier alpha value is -2.95. The first kappa shape index (κ1) is 18.8. The molecule has 0 saturated heterocycles. The molecular weight excluding hydrogens is 343 g/mol. The summed E-state index contributed by atoms with van der Waals surface area (Å²) in [6.07, 6.45) is 3.93. The van der Waals surface area contributed by atoms with Crippen LogP contribution < -0.4 is 4.74 Å². The van der Waals surface area contributed by atoms with Gasteiger partial charge in [-0.3, -0.25) is 0 Å². The Morgan fingerprint density at radius 2 is 1.89 bits per heavy atom. The molecule has 1 heterocycles. The van der Waals surface area contributed by atoms with Crippen LogP contribution in [0.4, 0.5) is 4.39 Å². The number of hydrogen-bond donors (Lipinski definition) is 0. The zero-order valence-corrected chi connectivity index (χ0v) is 15.6. The molecule has 0 N–H and O–H groups in total. The van der Waals surface area contributed by atoms with E-state index in [1.807, 2.05) is 19.1 Å². The molecule has 0 radical (unpaired) electrons. The quantitative estimate of drug-likeness (QED) is 0.544. The summed E-state index contributed by atoms with van der Waals surface area (Å²) >= 11 is 0. The zero-order valence-electron chi connectivity index (χ0n) is 15.6. The van der Waals surface area contributed by atoms with Crippen LogP contribution in [0.3, 0.4) is 0 Å². The Morgan fingerprint density at radius 3 is 2.56 bits per heavy atom. The maximum absolute atomic E-state index is 13.6. The SMILES string of the molecule is CCCCc1ccc(C(=O)Oc2cc(CC)nn2-c2cccc(F)c2)cc1. The molecule has 0 aliphatic rings. The topological polar surface area (TPSA) is 44.1 Å². The molecule has 0 aliphatic heterocycles. The van der Waals surface area contributed by atoms with Gasteiger partial charge in [0, 0.05) is 6.07 Å². The number of hydrogen-bond acceptors (Lipinski definition) is 3. The molecule has 0 atom stereocenters. The molecule has 140 valence electrons. The second-order valence-corrected chi connectivity index (χ2v) is 6.41. The third-order valence-electron chi connectivity index (χ3n) is 4.35. The molecule has 0 amide bonds. The van der Waals surface area contributed by atoms with E-state index in [2.05, 4.69) is 12.0 Å². The molecule has 2 aromatic carbocycles. The number of ether oxygens (including phenoxy) is 1. The number of nitrogens with zero attached hydrogens (tertiary/aromatic N) is 2. The van der Waals surface area contributed by atoms with Crippen molar-refractivity contribution >= 4 is 5.97 Å². The molecule has 4 nitrogen and oxygen atoms in total. The van der Waals surface area contributed by atoms with E-state index in [1.165, 1.54) is 22.4 Å². The number of benzene rings is 2. The highest BCUT2D eigenvalue weighted by Crippen LogP contribution is 2.22. The zero-order chi connectivity index (χ0) is 19.2. The van der Waals surface area contributed by atoms with Crippen molar-refractivity contribution in [2.24, 2.45) is 0 Å². The number of rotatable bonds is 7. The van der Waals surface area contributed by atoms with Gasteiger partial charge in [-0.05, 0) is 55.2 Å². The van der Waals surface area contributed by atoms with E-state index in [0.717, 1.165) is 25.0 Å². The third kappa shape index (κ3) is 4.61. The van der Waals surface area contributed by atoms with Crippen LogP contribution in [-0.2, 0) is 12.8 Å². The number of unbranched alkanes of at least 4 members (excludes halogenated alkanes) is 1. The van der Waals surface area contributed by atoms with Crippen molar-refractivity contribution in [1.29, 1.82) is 0 Å². The summed E-state index contributed by atoms with van der Waals surface area (Å²) in [5.41, 5.74) is 2.94. The summed E-state index contributed by atoms with van der Waals surface area (Å²) in [5, 5.41) is 4.41. The lowest BCUT2D eigenvalue weighted by atomic mass is 10.1. The van der Waals surface area contributed by atoms with Gasteiger partial charge >= 0.3 is 5.97 Å². The number of carbonyl (C=O) groups is 1. The van der Waals surface area contributed by atoms with Crippen molar-refractivity contribution in [3.05, 3.63) is 77.2 Å². The van der Waals surface area contributed by atoms with E-state index in [9.17, 15) is 9.18 Å². The predicted molar refractivity (Wildman–Crippen MR) is 103 cm³/mol.